The van der Waals surface area contributed by atoms with Crippen LogP contribution in [0.3, 0.4) is 0 Å². The number of aromatic nitrogens is 3. The smallest absolute Gasteiger partial charge is 0.160 e. The molecule has 0 unspecified atom stereocenters. The second-order valence-electron chi connectivity index (χ2n) is 4.82. The van der Waals surface area contributed by atoms with Gasteiger partial charge in [0.25, 0.3) is 0 Å². The molecule has 106 valence electrons. The summed E-state index contributed by atoms with van der Waals surface area (Å²) in [6.45, 7) is 0. The first-order chi connectivity index (χ1) is 10.8. The largest absolute Gasteiger partial charge is 0.508 e. The summed E-state index contributed by atoms with van der Waals surface area (Å²) in [5, 5.41) is 11.7. The predicted molar refractivity (Wildman–Crippen MR) is 87.7 cm³/mol. The van der Waals surface area contributed by atoms with Crippen molar-refractivity contribution in [3.63, 3.8) is 0 Å². The molecule has 1 aromatic carbocycles. The Morgan fingerprint density at radius 2 is 1.86 bits per heavy atom. The Balaban J connectivity index is 1.98. The summed E-state index contributed by atoms with van der Waals surface area (Å²) in [6.07, 6.45) is 3.54. The van der Waals surface area contributed by atoms with Crippen LogP contribution in [0.15, 0.2) is 60.2 Å². The maximum absolute atomic E-state index is 9.67. The lowest BCUT2D eigenvalue weighted by atomic mass is 10.1. The summed E-state index contributed by atoms with van der Waals surface area (Å²) in [4.78, 5) is 13.5. The second-order valence-corrected chi connectivity index (χ2v) is 5.74. The molecule has 0 fully saturated rings. The Labute approximate surface area is 130 Å². The summed E-state index contributed by atoms with van der Waals surface area (Å²) >= 11 is 1.61. The number of fused-ring (bicyclic) bond motifs is 1. The number of benzene rings is 1. The van der Waals surface area contributed by atoms with Crippen molar-refractivity contribution in [1.29, 1.82) is 0 Å². The van der Waals surface area contributed by atoms with Crippen molar-refractivity contribution in [3.8, 4) is 28.4 Å². The van der Waals surface area contributed by atoms with E-state index in [9.17, 15) is 5.11 Å². The molecule has 0 atom stereocenters. The van der Waals surface area contributed by atoms with E-state index >= 15 is 0 Å². The summed E-state index contributed by atoms with van der Waals surface area (Å²) in [5.41, 5.74) is 3.51. The van der Waals surface area contributed by atoms with Gasteiger partial charge in [0.2, 0.25) is 0 Å². The van der Waals surface area contributed by atoms with Gasteiger partial charge in [-0.25, -0.2) is 9.97 Å². The fourth-order valence-corrected chi connectivity index (χ4v) is 3.18. The van der Waals surface area contributed by atoms with E-state index in [1.54, 1.807) is 41.9 Å². The predicted octanol–water partition coefficient (Wildman–Crippen LogP) is 4.13. The van der Waals surface area contributed by atoms with Gasteiger partial charge in [-0.05, 0) is 35.7 Å². The highest BCUT2D eigenvalue weighted by Gasteiger charge is 2.12. The van der Waals surface area contributed by atoms with Gasteiger partial charge in [-0.1, -0.05) is 12.1 Å². The van der Waals surface area contributed by atoms with E-state index < -0.39 is 0 Å². The average Bonchev–Trinajstić information content (AvgIpc) is 3.03. The van der Waals surface area contributed by atoms with Gasteiger partial charge in [0.15, 0.2) is 5.82 Å². The highest BCUT2D eigenvalue weighted by atomic mass is 32.1. The molecular weight excluding hydrogens is 294 g/mol. The molecule has 0 spiro atoms. The minimum Gasteiger partial charge on any atom is -0.508 e. The highest BCUT2D eigenvalue weighted by molar-refractivity contribution is 7.17. The molecule has 3 aromatic heterocycles. The van der Waals surface area contributed by atoms with Gasteiger partial charge in [0, 0.05) is 23.5 Å². The van der Waals surface area contributed by atoms with Gasteiger partial charge in [-0.3, -0.25) is 4.98 Å². The van der Waals surface area contributed by atoms with Crippen molar-refractivity contribution in [2.45, 2.75) is 0 Å². The SMILES string of the molecule is Oc1cccc(-c2nc(-c3cccnc3)c3sccc3n2)c1. The number of phenols is 1. The van der Waals surface area contributed by atoms with E-state index in [1.165, 1.54) is 0 Å². The van der Waals surface area contributed by atoms with E-state index in [4.69, 9.17) is 4.98 Å². The zero-order valence-corrected chi connectivity index (χ0v) is 12.3. The highest BCUT2D eigenvalue weighted by Crippen LogP contribution is 2.32. The van der Waals surface area contributed by atoms with Crippen LogP contribution >= 0.6 is 11.3 Å². The number of phenolic OH excluding ortho intramolecular Hbond substituents is 1. The number of rotatable bonds is 2. The first kappa shape index (κ1) is 12.9. The first-order valence-corrected chi connectivity index (χ1v) is 7.64. The van der Waals surface area contributed by atoms with Crippen LogP contribution < -0.4 is 0 Å². The first-order valence-electron chi connectivity index (χ1n) is 6.76. The third kappa shape index (κ3) is 2.21. The Kier molecular flexibility index (Phi) is 3.05. The lowest BCUT2D eigenvalue weighted by molar-refractivity contribution is 0.475. The molecule has 0 saturated heterocycles. The second kappa shape index (κ2) is 5.20. The minimum absolute atomic E-state index is 0.203. The number of pyridine rings is 1. The lowest BCUT2D eigenvalue weighted by Crippen LogP contribution is -1.93. The topological polar surface area (TPSA) is 58.9 Å². The van der Waals surface area contributed by atoms with Crippen LogP contribution in [0, 0.1) is 0 Å². The van der Waals surface area contributed by atoms with Gasteiger partial charge in [-0.15, -0.1) is 11.3 Å². The molecule has 3 heterocycles. The van der Waals surface area contributed by atoms with E-state index in [1.807, 2.05) is 29.6 Å². The molecule has 4 rings (SSSR count). The van der Waals surface area contributed by atoms with Gasteiger partial charge < -0.3 is 5.11 Å². The fourth-order valence-electron chi connectivity index (χ4n) is 2.34. The summed E-state index contributed by atoms with van der Waals surface area (Å²) in [6, 6.07) is 12.8. The molecule has 0 amide bonds. The molecular formula is C17H11N3OS. The van der Waals surface area contributed by atoms with Gasteiger partial charge >= 0.3 is 0 Å². The minimum atomic E-state index is 0.203. The summed E-state index contributed by atoms with van der Waals surface area (Å²) in [7, 11) is 0. The third-order valence-electron chi connectivity index (χ3n) is 3.34. The van der Waals surface area contributed by atoms with Crippen molar-refractivity contribution in [2.24, 2.45) is 0 Å². The van der Waals surface area contributed by atoms with E-state index in [-0.39, 0.29) is 5.75 Å². The van der Waals surface area contributed by atoms with Crippen LogP contribution in [0.1, 0.15) is 0 Å². The van der Waals surface area contributed by atoms with Crippen LogP contribution in [0.5, 0.6) is 5.75 Å². The standard InChI is InChI=1S/C17H11N3OS/c21-13-5-1-3-11(9-13)17-19-14-6-8-22-16(14)15(20-17)12-4-2-7-18-10-12/h1-10,21H. The van der Waals surface area contributed by atoms with Crippen molar-refractivity contribution in [1.82, 2.24) is 15.0 Å². The quantitative estimate of drug-likeness (QED) is 0.605. The van der Waals surface area contributed by atoms with Crippen molar-refractivity contribution in [2.75, 3.05) is 0 Å². The Hall–Kier alpha value is -2.79. The van der Waals surface area contributed by atoms with Crippen LogP contribution in [-0.2, 0) is 0 Å². The molecule has 0 aliphatic rings. The molecule has 0 aliphatic heterocycles. The van der Waals surface area contributed by atoms with Gasteiger partial charge in [0.1, 0.15) is 5.75 Å². The number of thiophene rings is 1. The molecule has 22 heavy (non-hydrogen) atoms. The molecule has 5 heteroatoms. The number of nitrogens with zero attached hydrogens (tertiary/aromatic N) is 3. The normalized spacial score (nSPS) is 10.9. The third-order valence-corrected chi connectivity index (χ3v) is 4.25. The molecule has 4 aromatic rings. The molecule has 0 saturated carbocycles. The molecule has 1 N–H and O–H groups in total. The Morgan fingerprint density at radius 1 is 0.955 bits per heavy atom. The molecule has 0 aliphatic carbocycles. The maximum Gasteiger partial charge on any atom is 0.160 e. The zero-order valence-electron chi connectivity index (χ0n) is 11.5. The van der Waals surface area contributed by atoms with Crippen LogP contribution in [-0.4, -0.2) is 20.1 Å². The summed E-state index contributed by atoms with van der Waals surface area (Å²) < 4.78 is 1.04. The number of hydrogen-bond donors (Lipinski definition) is 1. The molecule has 0 bridgehead atoms. The van der Waals surface area contributed by atoms with Crippen molar-refractivity contribution < 1.29 is 5.11 Å². The number of hydrogen-bond acceptors (Lipinski definition) is 5. The van der Waals surface area contributed by atoms with Crippen LogP contribution in [0.4, 0.5) is 0 Å². The zero-order chi connectivity index (χ0) is 14.9. The van der Waals surface area contributed by atoms with Crippen molar-refractivity contribution in [3.05, 3.63) is 60.2 Å². The Bertz CT molecular complexity index is 950. The van der Waals surface area contributed by atoms with Crippen molar-refractivity contribution >= 4 is 21.6 Å². The average molecular weight is 305 g/mol. The molecule has 0 radical (unpaired) electrons. The summed E-state index contributed by atoms with van der Waals surface area (Å²) in [5.74, 6) is 0.801. The van der Waals surface area contributed by atoms with Gasteiger partial charge in [-0.2, -0.15) is 0 Å². The number of aromatic hydroxyl groups is 1. The van der Waals surface area contributed by atoms with Gasteiger partial charge in [0.05, 0.1) is 15.9 Å². The maximum atomic E-state index is 9.67. The Morgan fingerprint density at radius 3 is 2.68 bits per heavy atom. The fraction of sp³-hybridized carbons (Fsp3) is 0. The van der Waals surface area contributed by atoms with E-state index in [0.29, 0.717) is 5.82 Å². The van der Waals surface area contributed by atoms with E-state index in [0.717, 1.165) is 27.0 Å². The molecule has 4 nitrogen and oxygen atoms in total. The lowest BCUT2D eigenvalue weighted by Gasteiger charge is -2.06. The van der Waals surface area contributed by atoms with Crippen LogP contribution in [0.25, 0.3) is 32.9 Å². The van der Waals surface area contributed by atoms with Crippen LogP contribution in [0.2, 0.25) is 0 Å². The van der Waals surface area contributed by atoms with E-state index in [2.05, 4.69) is 9.97 Å². The monoisotopic (exact) mass is 305 g/mol.